The molecule has 0 spiro atoms. The molecular weight excluding hydrogens is 355 g/mol. The molecule has 0 unspecified atom stereocenters. The van der Waals surface area contributed by atoms with Crippen LogP contribution in [0, 0.1) is 13.8 Å². The maximum absolute atomic E-state index is 14.0. The number of allylic oxidation sites excluding steroid dienone is 2. The Balaban J connectivity index is 2.16. The van der Waals surface area contributed by atoms with Crippen molar-refractivity contribution in [3.63, 3.8) is 0 Å². The summed E-state index contributed by atoms with van der Waals surface area (Å²) in [5, 5.41) is 0.961. The zero-order valence-electron chi connectivity index (χ0n) is 16.3. The molecule has 1 aliphatic rings. The highest BCUT2D eigenvalue weighted by atomic mass is 19.2. The summed E-state index contributed by atoms with van der Waals surface area (Å²) < 4.78 is 29.1. The van der Waals surface area contributed by atoms with Crippen LogP contribution in [0.3, 0.4) is 0 Å². The minimum atomic E-state index is -2.64. The Morgan fingerprint density at radius 2 is 1.79 bits per heavy atom. The summed E-state index contributed by atoms with van der Waals surface area (Å²) in [4.78, 5) is 9.25. The molecule has 3 aromatic rings. The number of para-hydroxylation sites is 1. The molecule has 0 N–H and O–H groups in total. The number of aromatic nitrogens is 2. The van der Waals surface area contributed by atoms with E-state index in [2.05, 4.69) is 4.98 Å². The van der Waals surface area contributed by atoms with Crippen LogP contribution in [0.1, 0.15) is 36.4 Å². The first-order chi connectivity index (χ1) is 13.4. The van der Waals surface area contributed by atoms with Crippen LogP contribution < -0.4 is 0 Å². The lowest BCUT2D eigenvalue weighted by Gasteiger charge is -2.17. The maximum atomic E-state index is 14.0. The molecule has 0 bridgehead atoms. The van der Waals surface area contributed by atoms with E-state index in [4.69, 9.17) is 4.99 Å². The van der Waals surface area contributed by atoms with Crippen molar-refractivity contribution in [2.45, 2.75) is 27.7 Å². The number of hydrogen-bond acceptors (Lipinski definition) is 2. The Morgan fingerprint density at radius 3 is 2.46 bits per heavy atom. The van der Waals surface area contributed by atoms with Gasteiger partial charge < -0.3 is 4.48 Å². The van der Waals surface area contributed by atoms with Crippen molar-refractivity contribution < 1.29 is 8.63 Å². The summed E-state index contributed by atoms with van der Waals surface area (Å²) >= 11 is 0. The minimum Gasteiger partial charge on any atom is -0.329 e. The predicted molar refractivity (Wildman–Crippen MR) is 112 cm³/mol. The van der Waals surface area contributed by atoms with Crippen LogP contribution in [-0.4, -0.2) is 22.6 Å². The molecule has 28 heavy (non-hydrogen) atoms. The summed E-state index contributed by atoms with van der Waals surface area (Å²) in [6, 6.07) is 11.5. The van der Waals surface area contributed by atoms with Crippen molar-refractivity contribution in [1.82, 2.24) is 9.46 Å². The van der Waals surface area contributed by atoms with Gasteiger partial charge in [0.25, 0.3) is 0 Å². The number of benzene rings is 1. The number of aryl methyl sites for hydroxylation is 2. The first-order valence-electron chi connectivity index (χ1n) is 9.17. The molecule has 0 atom stereocenters. The Kier molecular flexibility index (Phi) is 4.50. The molecule has 3 heterocycles. The summed E-state index contributed by atoms with van der Waals surface area (Å²) in [7, 11) is -2.64. The van der Waals surface area contributed by atoms with Crippen molar-refractivity contribution in [3.8, 4) is 0 Å². The molecule has 0 fully saturated rings. The van der Waals surface area contributed by atoms with Gasteiger partial charge in [0.2, 0.25) is 0 Å². The van der Waals surface area contributed by atoms with Gasteiger partial charge in [0.1, 0.15) is 0 Å². The van der Waals surface area contributed by atoms with Gasteiger partial charge in [0, 0.05) is 39.8 Å². The first kappa shape index (κ1) is 18.4. The second-order valence-electron chi connectivity index (χ2n) is 7.15. The van der Waals surface area contributed by atoms with Crippen molar-refractivity contribution >= 4 is 29.6 Å². The Hall–Kier alpha value is -3.02. The normalized spacial score (nSPS) is 15.6. The lowest BCUT2D eigenvalue weighted by molar-refractivity contribution is 0.624. The fourth-order valence-corrected chi connectivity index (χ4v) is 3.99. The fourth-order valence-electron chi connectivity index (χ4n) is 3.99. The van der Waals surface area contributed by atoms with Gasteiger partial charge in [0.05, 0.1) is 11.2 Å². The van der Waals surface area contributed by atoms with E-state index < -0.39 is 7.40 Å². The Morgan fingerprint density at radius 1 is 1.04 bits per heavy atom. The Bertz CT molecular complexity index is 1180. The van der Waals surface area contributed by atoms with E-state index in [1.165, 1.54) is 0 Å². The smallest absolute Gasteiger partial charge is 0.329 e. The van der Waals surface area contributed by atoms with Crippen molar-refractivity contribution in [2.75, 3.05) is 0 Å². The van der Waals surface area contributed by atoms with Gasteiger partial charge in [0.15, 0.2) is 0 Å². The zero-order chi connectivity index (χ0) is 20.0. The van der Waals surface area contributed by atoms with E-state index in [0.717, 1.165) is 43.5 Å². The number of aliphatic imine (C=N–C) groups is 1. The lowest BCUT2D eigenvalue weighted by atomic mass is 9.93. The number of hydrogen-bond donors (Lipinski definition) is 0. The summed E-state index contributed by atoms with van der Waals surface area (Å²) in [6.07, 6.45) is 3.70. The summed E-state index contributed by atoms with van der Waals surface area (Å²) in [5.74, 6) is 0. The van der Waals surface area contributed by atoms with Gasteiger partial charge in [-0.1, -0.05) is 24.3 Å². The third-order valence-electron chi connectivity index (χ3n) is 5.08. The number of halogens is 2. The highest BCUT2D eigenvalue weighted by molar-refractivity contribution is 6.41. The lowest BCUT2D eigenvalue weighted by Crippen LogP contribution is -2.18. The Labute approximate surface area is 163 Å². The van der Waals surface area contributed by atoms with Crippen LogP contribution in [0.4, 0.5) is 8.63 Å². The van der Waals surface area contributed by atoms with E-state index >= 15 is 0 Å². The average Bonchev–Trinajstić information content (AvgIpc) is 3.13. The number of pyridine rings is 1. The van der Waals surface area contributed by atoms with Gasteiger partial charge in [-0.05, 0) is 57.0 Å². The van der Waals surface area contributed by atoms with Crippen LogP contribution >= 0.6 is 0 Å². The highest BCUT2D eigenvalue weighted by Gasteiger charge is 2.29. The first-order valence-corrected chi connectivity index (χ1v) is 9.17. The topological polar surface area (TPSA) is 30.2 Å². The second-order valence-corrected chi connectivity index (χ2v) is 7.15. The predicted octanol–water partition coefficient (Wildman–Crippen LogP) is 5.61. The molecule has 0 saturated carbocycles. The molecule has 0 amide bonds. The fraction of sp³-hybridized carbons (Fsp3) is 0.182. The van der Waals surface area contributed by atoms with Crippen LogP contribution in [0.15, 0.2) is 64.9 Å². The largest absolute Gasteiger partial charge is 0.677 e. The van der Waals surface area contributed by atoms with Crippen molar-refractivity contribution in [1.29, 1.82) is 0 Å². The molecule has 3 nitrogen and oxygen atoms in total. The molecule has 0 saturated heterocycles. The average molecular weight is 375 g/mol. The third-order valence-corrected chi connectivity index (χ3v) is 5.08. The number of fused-ring (bicyclic) bond motifs is 1. The van der Waals surface area contributed by atoms with E-state index in [0.29, 0.717) is 17.0 Å². The van der Waals surface area contributed by atoms with Crippen LogP contribution in [0.2, 0.25) is 0 Å². The molecule has 0 radical (unpaired) electrons. The van der Waals surface area contributed by atoms with E-state index in [9.17, 15) is 8.63 Å². The van der Waals surface area contributed by atoms with Gasteiger partial charge >= 0.3 is 7.40 Å². The quantitative estimate of drug-likeness (QED) is 0.548. The van der Waals surface area contributed by atoms with E-state index in [1.54, 1.807) is 19.2 Å². The van der Waals surface area contributed by atoms with Gasteiger partial charge in [-0.3, -0.25) is 18.6 Å². The van der Waals surface area contributed by atoms with Crippen molar-refractivity contribution in [2.24, 2.45) is 4.99 Å². The van der Waals surface area contributed by atoms with Gasteiger partial charge in [-0.2, -0.15) is 0 Å². The molecule has 1 aliphatic heterocycles. The van der Waals surface area contributed by atoms with E-state index in [-0.39, 0.29) is 0 Å². The van der Waals surface area contributed by atoms with Crippen LogP contribution in [-0.2, 0) is 0 Å². The maximum Gasteiger partial charge on any atom is 0.677 e. The molecule has 140 valence electrons. The summed E-state index contributed by atoms with van der Waals surface area (Å²) in [5.41, 5.74) is 6.63. The zero-order valence-corrected chi connectivity index (χ0v) is 16.3. The summed E-state index contributed by atoms with van der Waals surface area (Å²) in [6.45, 7) is 7.45. The number of rotatable bonds is 3. The monoisotopic (exact) mass is 375 g/mol. The highest BCUT2D eigenvalue weighted by Crippen LogP contribution is 2.39. The molecule has 6 heteroatoms. The molecule has 2 aromatic heterocycles. The second kappa shape index (κ2) is 6.86. The van der Waals surface area contributed by atoms with Crippen LogP contribution in [0.5, 0.6) is 0 Å². The van der Waals surface area contributed by atoms with Gasteiger partial charge in [-0.15, -0.1) is 0 Å². The SMILES string of the molecule is CC1=CC(C)=N/C1=C(/c1cccc2cccnc12)c1c(C)cc(C)n1B(F)F. The van der Waals surface area contributed by atoms with Crippen molar-refractivity contribution in [3.05, 3.63) is 82.5 Å². The minimum absolute atomic E-state index is 0.492. The number of nitrogens with zero attached hydrogens (tertiary/aromatic N) is 3. The van der Waals surface area contributed by atoms with Gasteiger partial charge in [-0.25, -0.2) is 0 Å². The molecule has 0 aliphatic carbocycles. The molecule has 4 rings (SSSR count). The van der Waals surface area contributed by atoms with E-state index in [1.807, 2.05) is 57.2 Å². The van der Waals surface area contributed by atoms with Crippen LogP contribution in [0.25, 0.3) is 16.5 Å². The molecule has 1 aromatic carbocycles. The molecular formula is C22H20BF2N3. The standard InChI is InChI=1S/C22H20BF2N3/c1-13-11-15(3)27-20(13)19(22-14(2)12-16(4)28(22)23(24)25)18-9-5-7-17-8-6-10-26-21(17)18/h5-12H,1-4H3/b20-19-. The third kappa shape index (κ3) is 2.89.